The fraction of sp³-hybridized carbons (Fsp3) is 0.385. The van der Waals surface area contributed by atoms with Gasteiger partial charge in [-0.2, -0.15) is 0 Å². The first-order chi connectivity index (χ1) is 8.52. The van der Waals surface area contributed by atoms with Crippen LogP contribution in [-0.2, 0) is 4.79 Å². The number of benzene rings is 1. The Hall–Kier alpha value is -1.88. The van der Waals surface area contributed by atoms with Crippen molar-refractivity contribution in [3.05, 3.63) is 29.7 Å². The molecule has 2 N–H and O–H groups in total. The van der Waals surface area contributed by atoms with E-state index in [0.717, 1.165) is 11.1 Å². The molecule has 0 saturated heterocycles. The predicted octanol–water partition coefficient (Wildman–Crippen LogP) is 2.12. The van der Waals surface area contributed by atoms with Crippen LogP contribution in [0, 0.1) is 12.8 Å². The first-order valence-corrected chi connectivity index (χ1v) is 5.80. The summed E-state index contributed by atoms with van der Waals surface area (Å²) < 4.78 is 5.40. The van der Waals surface area contributed by atoms with Crippen LogP contribution >= 0.6 is 0 Å². The van der Waals surface area contributed by atoms with Gasteiger partial charge in [0.05, 0.1) is 5.92 Å². The molecule has 96 valence electrons. The Bertz CT molecular complexity index is 577. The lowest BCUT2D eigenvalue weighted by Crippen LogP contribution is -2.28. The van der Waals surface area contributed by atoms with Gasteiger partial charge < -0.3 is 14.8 Å². The highest BCUT2D eigenvalue weighted by atomic mass is 16.4. The third-order valence-electron chi connectivity index (χ3n) is 3.08. The predicted molar refractivity (Wildman–Crippen MR) is 67.3 cm³/mol. The Morgan fingerprint density at radius 3 is 2.83 bits per heavy atom. The number of aryl methyl sites for hydroxylation is 1. The molecule has 2 unspecified atom stereocenters. The number of nitrogens with zero attached hydrogens (tertiary/aromatic N) is 1. The van der Waals surface area contributed by atoms with Gasteiger partial charge in [-0.15, -0.1) is 0 Å². The van der Waals surface area contributed by atoms with Gasteiger partial charge in [0.15, 0.2) is 11.5 Å². The number of aromatic nitrogens is 1. The van der Waals surface area contributed by atoms with Crippen molar-refractivity contribution in [2.75, 3.05) is 7.05 Å². The molecule has 2 aromatic rings. The van der Waals surface area contributed by atoms with E-state index >= 15 is 0 Å². The van der Waals surface area contributed by atoms with Crippen LogP contribution < -0.4 is 5.32 Å². The van der Waals surface area contributed by atoms with Crippen molar-refractivity contribution in [3.8, 4) is 0 Å². The van der Waals surface area contributed by atoms with E-state index in [-0.39, 0.29) is 6.04 Å². The molecule has 0 aliphatic heterocycles. The van der Waals surface area contributed by atoms with Gasteiger partial charge in [0.1, 0.15) is 5.52 Å². The second kappa shape index (κ2) is 4.78. The summed E-state index contributed by atoms with van der Waals surface area (Å²) in [6, 6.07) is 5.31. The second-order valence-electron chi connectivity index (χ2n) is 4.35. The van der Waals surface area contributed by atoms with Gasteiger partial charge in [-0.25, -0.2) is 4.98 Å². The summed E-state index contributed by atoms with van der Waals surface area (Å²) in [5, 5.41) is 12.1. The molecule has 1 heterocycles. The van der Waals surface area contributed by atoms with Crippen molar-refractivity contribution in [2.24, 2.45) is 5.92 Å². The number of carboxylic acid groups (broad SMARTS) is 1. The fourth-order valence-corrected chi connectivity index (χ4v) is 2.10. The summed E-state index contributed by atoms with van der Waals surface area (Å²) in [5.74, 6) is -0.735. The summed E-state index contributed by atoms with van der Waals surface area (Å²) in [7, 11) is 1.75. The highest BCUT2D eigenvalue weighted by molar-refractivity contribution is 5.75. The van der Waals surface area contributed by atoms with Gasteiger partial charge >= 0.3 is 5.97 Å². The maximum absolute atomic E-state index is 11.1. The van der Waals surface area contributed by atoms with E-state index in [1.54, 1.807) is 20.9 Å². The summed E-state index contributed by atoms with van der Waals surface area (Å²) >= 11 is 0. The van der Waals surface area contributed by atoms with Crippen molar-refractivity contribution >= 4 is 17.1 Å². The molecule has 0 spiro atoms. The van der Waals surface area contributed by atoms with Crippen LogP contribution in [0.25, 0.3) is 11.1 Å². The number of hydrogen-bond acceptors (Lipinski definition) is 4. The Balaban J connectivity index is 2.41. The SMILES string of the molecule is CNC(c1ccc2oc(C)nc2c1)C(C)C(=O)O. The zero-order valence-electron chi connectivity index (χ0n) is 10.6. The molecule has 5 heteroatoms. The molecule has 0 aliphatic carbocycles. The lowest BCUT2D eigenvalue weighted by molar-refractivity contribution is -0.142. The first kappa shape index (κ1) is 12.6. The number of hydrogen-bond donors (Lipinski definition) is 2. The van der Waals surface area contributed by atoms with Crippen LogP contribution in [-0.4, -0.2) is 23.1 Å². The smallest absolute Gasteiger partial charge is 0.308 e. The molecule has 5 nitrogen and oxygen atoms in total. The standard InChI is InChI=1S/C13H16N2O3/c1-7(13(16)17)12(14-3)9-4-5-11-10(6-9)15-8(2)18-11/h4-7,12,14H,1-3H3,(H,16,17). The zero-order chi connectivity index (χ0) is 13.3. The molecule has 1 aromatic carbocycles. The Labute approximate surface area is 105 Å². The monoisotopic (exact) mass is 248 g/mol. The topological polar surface area (TPSA) is 75.4 Å². The van der Waals surface area contributed by atoms with E-state index in [4.69, 9.17) is 9.52 Å². The quantitative estimate of drug-likeness (QED) is 0.866. The van der Waals surface area contributed by atoms with Gasteiger partial charge in [0.2, 0.25) is 0 Å². The minimum atomic E-state index is -0.828. The molecule has 0 amide bonds. The summed E-state index contributed by atoms with van der Waals surface area (Å²) in [6.07, 6.45) is 0. The molecular weight excluding hydrogens is 232 g/mol. The molecule has 2 rings (SSSR count). The van der Waals surface area contributed by atoms with Gasteiger partial charge in [-0.05, 0) is 24.7 Å². The van der Waals surface area contributed by atoms with E-state index in [2.05, 4.69) is 10.3 Å². The highest BCUT2D eigenvalue weighted by Gasteiger charge is 2.24. The van der Waals surface area contributed by atoms with E-state index in [0.29, 0.717) is 11.5 Å². The molecular formula is C13H16N2O3. The number of oxazole rings is 1. The van der Waals surface area contributed by atoms with Crippen molar-refractivity contribution in [1.82, 2.24) is 10.3 Å². The van der Waals surface area contributed by atoms with Crippen LogP contribution in [0.4, 0.5) is 0 Å². The summed E-state index contributed by atoms with van der Waals surface area (Å²) in [5.41, 5.74) is 2.37. The van der Waals surface area contributed by atoms with Crippen molar-refractivity contribution < 1.29 is 14.3 Å². The minimum Gasteiger partial charge on any atom is -0.481 e. The zero-order valence-corrected chi connectivity index (χ0v) is 10.6. The van der Waals surface area contributed by atoms with E-state index in [1.165, 1.54) is 0 Å². The third-order valence-corrected chi connectivity index (χ3v) is 3.08. The molecule has 0 saturated carbocycles. The number of aliphatic carboxylic acids is 1. The summed E-state index contributed by atoms with van der Waals surface area (Å²) in [4.78, 5) is 15.3. The van der Waals surface area contributed by atoms with Crippen molar-refractivity contribution in [1.29, 1.82) is 0 Å². The average molecular weight is 248 g/mol. The molecule has 0 fully saturated rings. The number of carboxylic acids is 1. The Morgan fingerprint density at radius 2 is 2.22 bits per heavy atom. The average Bonchev–Trinajstić information content (AvgIpc) is 2.69. The Kier molecular flexibility index (Phi) is 3.34. The minimum absolute atomic E-state index is 0.246. The molecule has 18 heavy (non-hydrogen) atoms. The van der Waals surface area contributed by atoms with Gasteiger partial charge in [0, 0.05) is 13.0 Å². The number of fused-ring (bicyclic) bond motifs is 1. The first-order valence-electron chi connectivity index (χ1n) is 5.80. The second-order valence-corrected chi connectivity index (χ2v) is 4.35. The lowest BCUT2D eigenvalue weighted by atomic mass is 9.94. The third kappa shape index (κ3) is 2.22. The van der Waals surface area contributed by atoms with E-state index < -0.39 is 11.9 Å². The van der Waals surface area contributed by atoms with Crippen LogP contribution in [0.3, 0.4) is 0 Å². The van der Waals surface area contributed by atoms with Gasteiger partial charge in [-0.1, -0.05) is 13.0 Å². The lowest BCUT2D eigenvalue weighted by Gasteiger charge is -2.20. The molecule has 2 atom stereocenters. The van der Waals surface area contributed by atoms with Gasteiger partial charge in [0.25, 0.3) is 0 Å². The normalized spacial score (nSPS) is 14.6. The highest BCUT2D eigenvalue weighted by Crippen LogP contribution is 2.25. The van der Waals surface area contributed by atoms with Gasteiger partial charge in [-0.3, -0.25) is 4.79 Å². The molecule has 0 bridgehead atoms. The molecule has 1 aromatic heterocycles. The van der Waals surface area contributed by atoms with Crippen LogP contribution in [0.2, 0.25) is 0 Å². The maximum atomic E-state index is 11.1. The van der Waals surface area contributed by atoms with Crippen LogP contribution in [0.5, 0.6) is 0 Å². The molecule has 0 radical (unpaired) electrons. The summed E-state index contributed by atoms with van der Waals surface area (Å²) in [6.45, 7) is 3.47. The number of carbonyl (C=O) groups is 1. The maximum Gasteiger partial charge on any atom is 0.308 e. The van der Waals surface area contributed by atoms with Crippen molar-refractivity contribution in [3.63, 3.8) is 0 Å². The van der Waals surface area contributed by atoms with Crippen molar-refractivity contribution in [2.45, 2.75) is 19.9 Å². The van der Waals surface area contributed by atoms with Crippen LogP contribution in [0.15, 0.2) is 22.6 Å². The molecule has 0 aliphatic rings. The number of rotatable bonds is 4. The largest absolute Gasteiger partial charge is 0.481 e. The number of nitrogens with one attached hydrogen (secondary N) is 1. The Morgan fingerprint density at radius 1 is 1.50 bits per heavy atom. The van der Waals surface area contributed by atoms with Crippen LogP contribution in [0.1, 0.15) is 24.4 Å². The van der Waals surface area contributed by atoms with E-state index in [1.807, 2.05) is 18.2 Å². The van der Waals surface area contributed by atoms with E-state index in [9.17, 15) is 4.79 Å². The fourth-order valence-electron chi connectivity index (χ4n) is 2.10.